The second-order valence-corrected chi connectivity index (χ2v) is 0.942. The lowest BCUT2D eigenvalue weighted by atomic mass is 10.6. The zero-order chi connectivity index (χ0) is 5.54. The highest BCUT2D eigenvalue weighted by molar-refractivity contribution is 4.94. The molecule has 40 valence electrons. The fourth-order valence-corrected chi connectivity index (χ4v) is 0.182. The lowest BCUT2D eigenvalue weighted by Gasteiger charge is -1.87. The molecule has 0 saturated heterocycles. The molecule has 0 atom stereocenters. The Kier molecular flexibility index (Phi) is 5.07. The summed E-state index contributed by atoms with van der Waals surface area (Å²) in [7, 11) is 0. The summed E-state index contributed by atoms with van der Waals surface area (Å²) in [4.78, 5) is 0. The van der Waals surface area contributed by atoms with Crippen molar-refractivity contribution < 1.29 is 4.74 Å². The number of hydrogen-bond donors (Lipinski definition) is 1. The first-order valence-electron chi connectivity index (χ1n) is 2.09. The maximum absolute atomic E-state index is 4.98. The van der Waals surface area contributed by atoms with Gasteiger partial charge in [0.25, 0.3) is 0 Å². The Balaban J connectivity index is 2.78. The largest absolute Gasteiger partial charge is 0.354 e. The molecule has 0 aromatic heterocycles. The van der Waals surface area contributed by atoms with Gasteiger partial charge in [-0.2, -0.15) is 0 Å². The Morgan fingerprint density at radius 2 is 2.43 bits per heavy atom. The van der Waals surface area contributed by atoms with E-state index in [0.29, 0.717) is 6.61 Å². The highest BCUT2D eigenvalue weighted by Gasteiger charge is 1.69. The topological polar surface area (TPSA) is 35.2 Å². The highest BCUT2D eigenvalue weighted by Crippen LogP contribution is 1.62. The van der Waals surface area contributed by atoms with Crippen LogP contribution >= 0.6 is 0 Å². The van der Waals surface area contributed by atoms with Gasteiger partial charge in [-0.1, -0.05) is 5.92 Å². The maximum atomic E-state index is 4.98. The molecule has 0 radical (unpaired) electrons. The van der Waals surface area contributed by atoms with Crippen molar-refractivity contribution in [2.24, 2.45) is 5.73 Å². The lowest BCUT2D eigenvalue weighted by molar-refractivity contribution is 0.175. The minimum absolute atomic E-state index is 0.259. The molecule has 0 spiro atoms. The van der Waals surface area contributed by atoms with Crippen LogP contribution in [0.3, 0.4) is 0 Å². The summed E-state index contributed by atoms with van der Waals surface area (Å²) in [5.41, 5.74) is 4.98. The molecule has 0 saturated carbocycles. The first kappa shape index (κ1) is 6.48. The van der Waals surface area contributed by atoms with Gasteiger partial charge in [0.1, 0.15) is 6.61 Å². The Morgan fingerprint density at radius 1 is 1.71 bits per heavy atom. The highest BCUT2D eigenvalue weighted by atomic mass is 16.5. The van der Waals surface area contributed by atoms with E-state index in [1.165, 1.54) is 0 Å². The summed E-state index contributed by atoms with van der Waals surface area (Å²) >= 11 is 0. The van der Waals surface area contributed by atoms with Crippen molar-refractivity contribution in [3.05, 3.63) is 0 Å². The Labute approximate surface area is 43.7 Å². The van der Waals surface area contributed by atoms with Gasteiger partial charge in [0.2, 0.25) is 0 Å². The van der Waals surface area contributed by atoms with E-state index in [9.17, 15) is 0 Å². The molecule has 2 nitrogen and oxygen atoms in total. The van der Waals surface area contributed by atoms with Crippen LogP contribution in [0.4, 0.5) is 0 Å². The van der Waals surface area contributed by atoms with E-state index in [0.717, 1.165) is 0 Å². The van der Waals surface area contributed by atoms with Crippen molar-refractivity contribution in [3.63, 3.8) is 0 Å². The third kappa shape index (κ3) is 5.48. The van der Waals surface area contributed by atoms with Crippen LogP contribution < -0.4 is 5.73 Å². The second-order valence-electron chi connectivity index (χ2n) is 0.942. The molecule has 0 aliphatic heterocycles. The molecule has 7 heavy (non-hydrogen) atoms. The zero-order valence-electron chi connectivity index (χ0n) is 4.40. The minimum atomic E-state index is 0.259. The maximum Gasteiger partial charge on any atom is 0.109 e. The van der Waals surface area contributed by atoms with E-state index >= 15 is 0 Å². The molecule has 0 unspecified atom stereocenters. The predicted molar refractivity (Wildman–Crippen MR) is 28.5 cm³/mol. The summed E-state index contributed by atoms with van der Waals surface area (Å²) in [6.07, 6.45) is 0. The quantitative estimate of drug-likeness (QED) is 0.299. The number of ether oxygens (including phenoxy) is 1. The van der Waals surface area contributed by atoms with Crippen LogP contribution in [0.2, 0.25) is 0 Å². The summed E-state index contributed by atoms with van der Waals surface area (Å²) in [5, 5.41) is 0. The molecule has 0 aliphatic carbocycles. The summed E-state index contributed by atoms with van der Waals surface area (Å²) in [6, 6.07) is 0. The Morgan fingerprint density at radius 3 is 2.86 bits per heavy atom. The third-order valence-electron chi connectivity index (χ3n) is 0.469. The van der Waals surface area contributed by atoms with Gasteiger partial charge in [0, 0.05) is 0 Å². The molecular weight excluding hydrogens is 90.1 g/mol. The number of hydrogen-bond acceptors (Lipinski definition) is 2. The van der Waals surface area contributed by atoms with Crippen LogP contribution in [0.15, 0.2) is 0 Å². The zero-order valence-corrected chi connectivity index (χ0v) is 4.40. The molecule has 0 amide bonds. The van der Waals surface area contributed by atoms with Crippen LogP contribution in [0.5, 0.6) is 0 Å². The number of nitrogens with two attached hydrogens (primary N) is 1. The molecule has 0 aromatic carbocycles. The summed E-state index contributed by atoms with van der Waals surface area (Å²) in [6.45, 7) is 2.47. The van der Waals surface area contributed by atoms with Crippen LogP contribution in [0.1, 0.15) is 6.92 Å². The first-order chi connectivity index (χ1) is 3.41. The molecule has 0 rings (SSSR count). The smallest absolute Gasteiger partial charge is 0.109 e. The fraction of sp³-hybridized carbons (Fsp3) is 0.600. The van der Waals surface area contributed by atoms with E-state index in [1.54, 1.807) is 6.92 Å². The molecular formula is C5H9NO. The second kappa shape index (κ2) is 5.48. The molecule has 0 fully saturated rings. The minimum Gasteiger partial charge on any atom is -0.354 e. The van der Waals surface area contributed by atoms with E-state index in [-0.39, 0.29) is 6.73 Å². The fourth-order valence-electron chi connectivity index (χ4n) is 0.182. The van der Waals surface area contributed by atoms with Crippen LogP contribution in [-0.4, -0.2) is 13.3 Å². The lowest BCUT2D eigenvalue weighted by Crippen LogP contribution is -2.03. The first-order valence-corrected chi connectivity index (χ1v) is 2.09. The molecule has 0 bridgehead atoms. The van der Waals surface area contributed by atoms with Crippen molar-refractivity contribution in [1.29, 1.82) is 0 Å². The van der Waals surface area contributed by atoms with Gasteiger partial charge >= 0.3 is 0 Å². The standard InChI is InChI=1S/C5H9NO/c1-2-3-4-7-5-6/h4-6H2,1H3. The normalized spacial score (nSPS) is 7.14. The van der Waals surface area contributed by atoms with Crippen molar-refractivity contribution in [3.8, 4) is 11.8 Å². The Bertz CT molecular complexity index is 79.8. The monoisotopic (exact) mass is 99.1 g/mol. The van der Waals surface area contributed by atoms with E-state index < -0.39 is 0 Å². The summed E-state index contributed by atoms with van der Waals surface area (Å²) in [5.74, 6) is 5.37. The van der Waals surface area contributed by atoms with E-state index in [2.05, 4.69) is 16.6 Å². The molecule has 2 N–H and O–H groups in total. The van der Waals surface area contributed by atoms with Crippen molar-refractivity contribution in [1.82, 2.24) is 0 Å². The van der Waals surface area contributed by atoms with Gasteiger partial charge in [0.15, 0.2) is 0 Å². The van der Waals surface area contributed by atoms with Gasteiger partial charge < -0.3 is 10.5 Å². The Hall–Kier alpha value is -0.520. The average Bonchev–Trinajstić information content (AvgIpc) is 1.69. The van der Waals surface area contributed by atoms with Crippen molar-refractivity contribution in [2.75, 3.05) is 13.3 Å². The van der Waals surface area contributed by atoms with Gasteiger partial charge in [-0.15, -0.1) is 5.92 Å². The summed E-state index contributed by atoms with van der Waals surface area (Å²) < 4.78 is 4.68. The van der Waals surface area contributed by atoms with Crippen LogP contribution in [0, 0.1) is 11.8 Å². The van der Waals surface area contributed by atoms with Crippen molar-refractivity contribution >= 4 is 0 Å². The molecule has 0 aromatic rings. The van der Waals surface area contributed by atoms with E-state index in [4.69, 9.17) is 5.73 Å². The third-order valence-corrected chi connectivity index (χ3v) is 0.469. The van der Waals surface area contributed by atoms with E-state index in [1.807, 2.05) is 0 Å². The molecule has 0 aliphatic rings. The van der Waals surface area contributed by atoms with Gasteiger partial charge in [0.05, 0.1) is 6.73 Å². The predicted octanol–water partition coefficient (Wildman–Crippen LogP) is -0.0575. The van der Waals surface area contributed by atoms with Crippen LogP contribution in [-0.2, 0) is 4.74 Å². The SMILES string of the molecule is CC#CCOCN. The molecule has 0 heterocycles. The molecule has 2 heteroatoms. The van der Waals surface area contributed by atoms with Crippen molar-refractivity contribution in [2.45, 2.75) is 6.92 Å². The van der Waals surface area contributed by atoms with Crippen LogP contribution in [0.25, 0.3) is 0 Å². The number of rotatable bonds is 2. The van der Waals surface area contributed by atoms with Gasteiger partial charge in [-0.25, -0.2) is 0 Å². The average molecular weight is 99.1 g/mol. The van der Waals surface area contributed by atoms with Gasteiger partial charge in [-0.05, 0) is 6.92 Å². The van der Waals surface area contributed by atoms with Gasteiger partial charge in [-0.3, -0.25) is 0 Å².